The molecule has 20 nitrogen and oxygen atoms in total. The van der Waals surface area contributed by atoms with Gasteiger partial charge in [0, 0.05) is 324 Å². The largest absolute Gasteiger partial charge is 0.504 e. The van der Waals surface area contributed by atoms with Crippen molar-refractivity contribution in [1.29, 1.82) is 0 Å². The van der Waals surface area contributed by atoms with Gasteiger partial charge in [0.2, 0.25) is 28.8 Å². The van der Waals surface area contributed by atoms with Crippen molar-refractivity contribution in [2.75, 3.05) is 0 Å². The zero-order valence-electron chi connectivity index (χ0n) is 70.8. The van der Waals surface area contributed by atoms with Crippen LogP contribution in [0.2, 0.25) is 0 Å². The Hall–Kier alpha value is -5.97. The summed E-state index contributed by atoms with van der Waals surface area (Å²) in [5.74, 6) is -13.7. The topological polar surface area (TPSA) is 311 Å². The number of benzene rings is 1. The number of carbonyl (C=O) groups is 5. The first-order valence-corrected chi connectivity index (χ1v) is 43.6. The number of aromatic nitrogens is 2. The van der Waals surface area contributed by atoms with Crippen LogP contribution in [0.5, 0.6) is 0 Å². The van der Waals surface area contributed by atoms with E-state index in [0.717, 1.165) is 130 Å². The summed E-state index contributed by atoms with van der Waals surface area (Å²) in [5.41, 5.74) is 1.95. The number of hydrogen-bond donors (Lipinski definition) is 5. The molecule has 8 aromatic rings. The molecule has 725 valence electrons. The molecule has 8 atom stereocenters. The van der Waals surface area contributed by atoms with Crippen LogP contribution < -0.4 is 0 Å². The van der Waals surface area contributed by atoms with Crippen molar-refractivity contribution in [1.82, 2.24) is 9.97 Å². The number of hydrogen-bond acceptors (Lipinski definition) is 25. The van der Waals surface area contributed by atoms with E-state index in [2.05, 4.69) is 123 Å². The normalized spacial score (nSPS) is 19.2. The Morgan fingerprint density at radius 3 is 0.555 bits per heavy atom. The van der Waals surface area contributed by atoms with Gasteiger partial charge in [0.15, 0.2) is 28.9 Å². The van der Waals surface area contributed by atoms with E-state index in [-0.39, 0.29) is 276 Å². The van der Waals surface area contributed by atoms with E-state index in [1.165, 1.54) is 60.7 Å². The third kappa shape index (κ3) is 48.3. The summed E-state index contributed by atoms with van der Waals surface area (Å²) in [6.45, 7) is 0. The van der Waals surface area contributed by atoms with Crippen LogP contribution in [0.1, 0.15) is 99.7 Å². The monoisotopic (exact) mass is 2680 g/mol. The maximum Gasteiger partial charge on any atom is 0.448 e. The van der Waals surface area contributed by atoms with Gasteiger partial charge in [0.05, 0.1) is 83.8 Å². The van der Waals surface area contributed by atoms with Crippen LogP contribution in [0.15, 0.2) is 333 Å². The molecule has 3 radical (unpaired) electrons. The number of ketones is 5. The second-order valence-corrected chi connectivity index (χ2v) is 32.0. The third-order valence-corrected chi connectivity index (χ3v) is 22.2. The van der Waals surface area contributed by atoms with Crippen LogP contribution in [0.25, 0.3) is 21.8 Å². The van der Waals surface area contributed by atoms with E-state index in [1.54, 1.807) is 39.3 Å². The molecule has 0 saturated carbocycles. The Bertz CT molecular complexity index is 4960. The van der Waals surface area contributed by atoms with E-state index in [0.29, 0.717) is 48.3 Å². The first-order valence-electron chi connectivity index (χ1n) is 39.2. The molecule has 0 spiro atoms. The van der Waals surface area contributed by atoms with Crippen LogP contribution in [0.4, 0.5) is 65.9 Å². The average molecular weight is 2680 g/mol. The number of pyridine rings is 2. The van der Waals surface area contributed by atoms with Gasteiger partial charge in [-0.05, 0) is 169 Å². The molecule has 15 heterocycles. The van der Waals surface area contributed by atoms with Crippen LogP contribution in [-0.2, 0) is 0 Å². The number of dihydropyridines is 8. The van der Waals surface area contributed by atoms with E-state index in [9.17, 15) is 89.8 Å². The summed E-state index contributed by atoms with van der Waals surface area (Å²) in [6, 6.07) is 29.7. The quantitative estimate of drug-likeness (QED) is 0.0223. The van der Waals surface area contributed by atoms with Crippen molar-refractivity contribution in [3.63, 3.8) is 0 Å². The summed E-state index contributed by atoms with van der Waals surface area (Å²) in [4.78, 5) is 99.8. The molecule has 8 aliphatic rings. The van der Waals surface area contributed by atoms with Gasteiger partial charge in [-0.3, -0.25) is 73.9 Å². The van der Waals surface area contributed by atoms with Gasteiger partial charge >= 0.3 is 30.9 Å². The maximum atomic E-state index is 11.8. The first-order chi connectivity index (χ1) is 62.9. The van der Waals surface area contributed by atoms with Crippen molar-refractivity contribution >= 4 is 157 Å². The van der Waals surface area contributed by atoms with Gasteiger partial charge < -0.3 is 25.5 Å². The van der Waals surface area contributed by atoms with Crippen molar-refractivity contribution in [3.05, 3.63) is 317 Å². The van der Waals surface area contributed by atoms with Crippen molar-refractivity contribution in [2.24, 2.45) is 39.9 Å². The molecule has 0 fully saturated rings. The first kappa shape index (κ1) is 127. The number of allylic oxidation sites excluding steroid dienone is 18. The Morgan fingerprint density at radius 1 is 0.270 bits per heavy atom. The summed E-state index contributed by atoms with van der Waals surface area (Å²) < 4.78 is 177. The molecule has 45 heteroatoms. The number of aliphatic hydroxyl groups is 5. The van der Waals surface area contributed by atoms with Crippen LogP contribution in [0, 0.1) is 221 Å². The second-order valence-electron chi connectivity index (χ2n) is 27.3. The van der Waals surface area contributed by atoms with E-state index in [4.69, 9.17) is 25.5 Å². The minimum atomic E-state index is -4.87. The Kier molecular flexibility index (Phi) is 62.0. The van der Waals surface area contributed by atoms with Crippen molar-refractivity contribution in [3.8, 4) is 0 Å². The van der Waals surface area contributed by atoms with Gasteiger partial charge in [0.1, 0.15) is 0 Å². The maximum absolute atomic E-state index is 11.8. The fraction of sp³-hybridized carbons (Fsp3) is 0.228. The minimum absolute atomic E-state index is 0. The average Bonchev–Trinajstić information content (AvgIpc) is 1.43. The molecular weight excluding hydrogens is 2590 g/mol. The molecule has 0 saturated heterocycles. The molecule has 7 aromatic heterocycles. The summed E-state index contributed by atoms with van der Waals surface area (Å²) >= 11 is 5.06. The molecular formula is C92H81Ce2Eu2F15N10O10S5Tb. The minimum Gasteiger partial charge on any atom is -0.504 e. The van der Waals surface area contributed by atoms with Crippen molar-refractivity contribution < 1.29 is 336 Å². The molecule has 8 unspecified atom stereocenters. The predicted molar refractivity (Wildman–Crippen MR) is 492 cm³/mol. The van der Waals surface area contributed by atoms with Gasteiger partial charge in [-0.2, -0.15) is 65.9 Å². The Morgan fingerprint density at radius 2 is 0.431 bits per heavy atom. The zero-order chi connectivity index (χ0) is 96.1. The molecule has 0 amide bonds. The Balaban J connectivity index is 0.000000513. The number of aliphatic imine (C=N–C) groups is 8. The number of aliphatic hydroxyl groups excluding tert-OH is 5. The van der Waals surface area contributed by atoms with Crippen LogP contribution in [0.3, 0.4) is 0 Å². The number of fused-ring (bicyclic) bond motifs is 3. The zero-order valence-corrected chi connectivity index (χ0v) is 88.2. The van der Waals surface area contributed by atoms with Crippen molar-refractivity contribution in [2.45, 2.75) is 131 Å². The molecule has 16 rings (SSSR count). The molecule has 1 aromatic carbocycles. The van der Waals surface area contributed by atoms with Crippen LogP contribution >= 0.6 is 56.7 Å². The standard InChI is InChI=1S/C12H8N2.4C10H12N2.5C8H5F3O2S.2Ce.2Eu.Tb/c1-3-9-5-6-10-4-2-8-14-12(10)11(9)13-7-1;4*1-3-7-11-9(5-1)10-6-2-4-8-12-10;5*9-8(10,11)7(13)4-5(12)6-2-1-3-14-6;;;;;/h1-8H;4*1-4,7-10H,5-6H2;5*1-4,13H;;;;;. The van der Waals surface area contributed by atoms with Gasteiger partial charge in [-0.1, -0.05) is 103 Å². The summed E-state index contributed by atoms with van der Waals surface area (Å²) in [5, 5.41) is 52.5. The fourth-order valence-electron chi connectivity index (χ4n) is 11.2. The molecule has 5 N–H and O–H groups in total. The van der Waals surface area contributed by atoms with Gasteiger partial charge in [-0.15, -0.1) is 56.7 Å². The number of rotatable bonds is 14. The number of carbonyl (C=O) groups excluding carboxylic acids is 5. The molecule has 137 heavy (non-hydrogen) atoms. The fourth-order valence-corrected chi connectivity index (χ4v) is 14.4. The predicted octanol–water partition coefficient (Wildman–Crippen LogP) is 24.6. The van der Waals surface area contributed by atoms with E-state index in [1.807, 2.05) is 110 Å². The molecule has 0 aliphatic carbocycles. The second kappa shape index (κ2) is 66.8. The third-order valence-electron chi connectivity index (χ3n) is 17.8. The number of nitrogens with zero attached hydrogens (tertiary/aromatic N) is 10. The number of alkyl halides is 15. The smallest absolute Gasteiger partial charge is 0.448 e. The van der Waals surface area contributed by atoms with Gasteiger partial charge in [-0.25, -0.2) is 0 Å². The van der Waals surface area contributed by atoms with Gasteiger partial charge in [0.25, 0.3) is 0 Å². The number of halogens is 15. The molecule has 0 bridgehead atoms. The molecule has 8 aliphatic heterocycles. The number of thiophene rings is 5. The Labute approximate surface area is 976 Å². The van der Waals surface area contributed by atoms with E-state index < -0.39 is 88.6 Å². The van der Waals surface area contributed by atoms with Crippen LogP contribution in [-0.4, -0.2) is 193 Å². The summed E-state index contributed by atoms with van der Waals surface area (Å²) in [6.07, 6.45) is 36.7. The SMILES string of the molecule is C1=CCC(C2CC=CC=N2)N=C1.C1=CCC(C2CC=CC=N2)N=C1.C1=CCC(C2CC=CC=N2)N=C1.C1=CCC(C2CC=CC=N2)N=C1.O=C(C=C(O)C(F)(F)F)c1cccs1.O=C(C=C(O)C(F)(F)F)c1cccs1.O=C(C=C(O)C(F)(F)F)c1cccs1.O=C(C=C(O)C(F)(F)F)c1cccs1.O=C(C=C(O)C(F)(F)F)c1cccs1.[Ce].[Ce].[Eu].[Eu].[Tb].c1cnc2c(c1)ccc1cccnc12. The van der Waals surface area contributed by atoms with E-state index >= 15 is 0 Å². The summed E-state index contributed by atoms with van der Waals surface area (Å²) in [7, 11) is 0.